The molecule has 1 fully saturated rings. The number of carbonyl (C=O) groups is 1. The Morgan fingerprint density at radius 2 is 1.59 bits per heavy atom. The molecule has 1 saturated heterocycles. The fraction of sp³-hybridized carbons (Fsp3) is 0.794. The molecule has 0 bridgehead atoms. The average molecular weight is 544 g/mol. The fourth-order valence-electron chi connectivity index (χ4n) is 6.48. The molecule has 222 valence electrons. The third-order valence-electron chi connectivity index (χ3n) is 9.43. The molecule has 2 N–H and O–H groups in total. The van der Waals surface area contributed by atoms with Crippen LogP contribution in [0, 0.1) is 38.5 Å². The van der Waals surface area contributed by atoms with Crippen molar-refractivity contribution in [2.45, 2.75) is 150 Å². The predicted molar refractivity (Wildman–Crippen MR) is 161 cm³/mol. The first-order valence-electron chi connectivity index (χ1n) is 15.8. The first-order chi connectivity index (χ1) is 18.4. The van der Waals surface area contributed by atoms with Crippen LogP contribution in [-0.4, -0.2) is 35.4 Å². The number of β-amino-alcohol motifs (C(OH)–C–C–N with tert-alkyl or cyclic N) is 1. The number of hydrogen-bond donors (Lipinski definition) is 2. The van der Waals surface area contributed by atoms with Crippen LogP contribution in [0.15, 0.2) is 0 Å². The lowest BCUT2D eigenvalue weighted by Crippen LogP contribution is -2.37. The van der Waals surface area contributed by atoms with Gasteiger partial charge >= 0.3 is 5.97 Å². The number of fused-ring (bicyclic) bond motifs is 1. The largest absolute Gasteiger partial charge is 0.487 e. The minimum atomic E-state index is -0.489. The number of esters is 1. The molecule has 5 nitrogen and oxygen atoms in total. The molecule has 2 aliphatic heterocycles. The number of nitrogens with one attached hydrogen (secondary N) is 1. The monoisotopic (exact) mass is 543 g/mol. The van der Waals surface area contributed by atoms with Crippen molar-refractivity contribution in [2.75, 3.05) is 6.54 Å². The Hall–Kier alpha value is -1.59. The second kappa shape index (κ2) is 14.3. The van der Waals surface area contributed by atoms with Gasteiger partial charge in [0.1, 0.15) is 23.1 Å². The highest BCUT2D eigenvalue weighted by Gasteiger charge is 2.36. The lowest BCUT2D eigenvalue weighted by Gasteiger charge is -2.38. The minimum Gasteiger partial charge on any atom is -0.487 e. The standard InChI is InChI=1S/C34H57NO4/c1-22(2)12-9-13-23(3)14-10-15-24(4)16-11-18-34(8)19-17-29-27(7)31(25(5)26(6)32(29)39-34)38-33(37)30-20-28(36)21-35-30/h22-24,28,30,35-36H,9-21H2,1-8H3/t23-,24-,28?,30?,34-/m1/s1. The van der Waals surface area contributed by atoms with Crippen LogP contribution in [0.1, 0.15) is 128 Å². The summed E-state index contributed by atoms with van der Waals surface area (Å²) in [7, 11) is 0. The topological polar surface area (TPSA) is 67.8 Å². The molecular formula is C34H57NO4. The van der Waals surface area contributed by atoms with Crippen LogP contribution in [0.25, 0.3) is 0 Å². The Morgan fingerprint density at radius 1 is 0.974 bits per heavy atom. The van der Waals surface area contributed by atoms with Gasteiger partial charge in [-0.05, 0) is 87.8 Å². The van der Waals surface area contributed by atoms with Gasteiger partial charge in [0.05, 0.1) is 6.10 Å². The van der Waals surface area contributed by atoms with Crippen LogP contribution in [0.2, 0.25) is 0 Å². The Morgan fingerprint density at radius 3 is 2.18 bits per heavy atom. The third kappa shape index (κ3) is 8.95. The van der Waals surface area contributed by atoms with E-state index < -0.39 is 12.1 Å². The zero-order valence-corrected chi connectivity index (χ0v) is 26.3. The summed E-state index contributed by atoms with van der Waals surface area (Å²) in [6.07, 6.45) is 13.6. The summed E-state index contributed by atoms with van der Waals surface area (Å²) in [6, 6.07) is -0.449. The first kappa shape index (κ1) is 31.9. The van der Waals surface area contributed by atoms with Gasteiger partial charge in [-0.15, -0.1) is 0 Å². The number of carbonyl (C=O) groups excluding carboxylic acids is 1. The molecule has 2 unspecified atom stereocenters. The van der Waals surface area contributed by atoms with E-state index in [-0.39, 0.29) is 11.6 Å². The summed E-state index contributed by atoms with van der Waals surface area (Å²) in [6.45, 7) is 18.4. The summed E-state index contributed by atoms with van der Waals surface area (Å²) in [5.74, 6) is 3.80. The van der Waals surface area contributed by atoms with E-state index in [9.17, 15) is 9.90 Å². The minimum absolute atomic E-state index is 0.149. The molecule has 2 heterocycles. The van der Waals surface area contributed by atoms with Crippen molar-refractivity contribution in [1.82, 2.24) is 5.32 Å². The second-order valence-electron chi connectivity index (χ2n) is 13.7. The van der Waals surface area contributed by atoms with Gasteiger partial charge in [-0.1, -0.05) is 72.6 Å². The molecule has 0 radical (unpaired) electrons. The normalized spacial score (nSPS) is 24.4. The maximum atomic E-state index is 12.8. The smallest absolute Gasteiger partial charge is 0.328 e. The fourth-order valence-corrected chi connectivity index (χ4v) is 6.48. The van der Waals surface area contributed by atoms with E-state index in [2.05, 4.69) is 46.9 Å². The molecule has 5 atom stereocenters. The number of aliphatic hydroxyl groups is 1. The lowest BCUT2D eigenvalue weighted by molar-refractivity contribution is -0.136. The summed E-state index contributed by atoms with van der Waals surface area (Å²) in [5.41, 5.74) is 4.07. The molecule has 0 aromatic heterocycles. The van der Waals surface area contributed by atoms with E-state index in [1.165, 1.54) is 56.9 Å². The third-order valence-corrected chi connectivity index (χ3v) is 9.43. The van der Waals surface area contributed by atoms with Crippen molar-refractivity contribution >= 4 is 5.97 Å². The zero-order valence-electron chi connectivity index (χ0n) is 26.3. The molecule has 3 rings (SSSR count). The number of benzene rings is 1. The predicted octanol–water partition coefficient (Wildman–Crippen LogP) is 7.76. The molecule has 0 saturated carbocycles. The molecule has 1 aromatic rings. The van der Waals surface area contributed by atoms with Crippen LogP contribution < -0.4 is 14.8 Å². The number of hydrogen-bond acceptors (Lipinski definition) is 5. The SMILES string of the molecule is Cc1c(C)c2c(c(C)c1OC(=O)C1CC(O)CN1)CC[C@@](C)(CCC[C@H](C)CCC[C@H](C)CCCC(C)C)O2. The van der Waals surface area contributed by atoms with Crippen LogP contribution in [0.3, 0.4) is 0 Å². The lowest BCUT2D eigenvalue weighted by atomic mass is 9.83. The number of ether oxygens (including phenoxy) is 2. The van der Waals surface area contributed by atoms with Gasteiger partial charge in [-0.2, -0.15) is 0 Å². The van der Waals surface area contributed by atoms with E-state index in [0.29, 0.717) is 18.7 Å². The van der Waals surface area contributed by atoms with E-state index in [1.54, 1.807) is 0 Å². The summed E-state index contributed by atoms with van der Waals surface area (Å²) in [4.78, 5) is 12.8. The number of aliphatic hydroxyl groups excluding tert-OH is 1. The van der Waals surface area contributed by atoms with Gasteiger partial charge in [-0.25, -0.2) is 4.79 Å². The van der Waals surface area contributed by atoms with Crippen molar-refractivity contribution in [1.29, 1.82) is 0 Å². The van der Waals surface area contributed by atoms with Crippen molar-refractivity contribution in [3.63, 3.8) is 0 Å². The summed E-state index contributed by atoms with van der Waals surface area (Å²) < 4.78 is 12.7. The molecule has 1 aromatic carbocycles. The Kier molecular flexibility index (Phi) is 11.7. The summed E-state index contributed by atoms with van der Waals surface area (Å²) in [5, 5.41) is 12.8. The highest BCUT2D eigenvalue weighted by Crippen LogP contribution is 2.45. The van der Waals surface area contributed by atoms with Gasteiger partial charge in [0.25, 0.3) is 0 Å². The second-order valence-corrected chi connectivity index (χ2v) is 13.7. The highest BCUT2D eigenvalue weighted by atomic mass is 16.5. The average Bonchev–Trinajstić information content (AvgIpc) is 3.31. The van der Waals surface area contributed by atoms with Crippen LogP contribution >= 0.6 is 0 Å². The zero-order chi connectivity index (χ0) is 28.7. The van der Waals surface area contributed by atoms with Gasteiger partial charge in [0, 0.05) is 18.5 Å². The quantitative estimate of drug-likeness (QED) is 0.185. The van der Waals surface area contributed by atoms with Crippen LogP contribution in [0.4, 0.5) is 0 Å². The Bertz CT molecular complexity index is 957. The maximum absolute atomic E-state index is 12.8. The Balaban J connectivity index is 1.49. The molecule has 2 aliphatic rings. The number of rotatable bonds is 14. The van der Waals surface area contributed by atoms with Crippen LogP contribution in [0.5, 0.6) is 11.5 Å². The molecular weight excluding hydrogens is 486 g/mol. The van der Waals surface area contributed by atoms with Crippen molar-refractivity contribution in [3.8, 4) is 11.5 Å². The molecule has 0 spiro atoms. The van der Waals surface area contributed by atoms with E-state index >= 15 is 0 Å². The maximum Gasteiger partial charge on any atom is 0.328 e. The molecule has 39 heavy (non-hydrogen) atoms. The van der Waals surface area contributed by atoms with Gasteiger partial charge in [0.15, 0.2) is 0 Å². The van der Waals surface area contributed by atoms with Crippen molar-refractivity contribution < 1.29 is 19.4 Å². The molecule has 0 amide bonds. The van der Waals surface area contributed by atoms with Gasteiger partial charge < -0.3 is 19.9 Å². The first-order valence-corrected chi connectivity index (χ1v) is 15.8. The molecule has 5 heteroatoms. The summed E-state index contributed by atoms with van der Waals surface area (Å²) >= 11 is 0. The van der Waals surface area contributed by atoms with Gasteiger partial charge in [-0.3, -0.25) is 0 Å². The van der Waals surface area contributed by atoms with E-state index in [4.69, 9.17) is 9.47 Å². The van der Waals surface area contributed by atoms with Crippen molar-refractivity contribution in [3.05, 3.63) is 22.3 Å². The van der Waals surface area contributed by atoms with Gasteiger partial charge in [0.2, 0.25) is 0 Å². The molecule has 0 aliphatic carbocycles. The Labute approximate surface area is 238 Å². The van der Waals surface area contributed by atoms with Crippen molar-refractivity contribution in [2.24, 2.45) is 17.8 Å². The van der Waals surface area contributed by atoms with E-state index in [1.807, 2.05) is 13.8 Å². The van der Waals surface area contributed by atoms with Crippen LogP contribution in [-0.2, 0) is 11.2 Å². The van der Waals surface area contributed by atoms with E-state index in [0.717, 1.165) is 59.5 Å². The highest BCUT2D eigenvalue weighted by molar-refractivity contribution is 5.80.